The second kappa shape index (κ2) is 11.3. The van der Waals surface area contributed by atoms with E-state index in [0.717, 1.165) is 39.6 Å². The van der Waals surface area contributed by atoms with Crippen LogP contribution in [0.15, 0.2) is 145 Å². The van der Waals surface area contributed by atoms with E-state index in [1.807, 2.05) is 133 Å². The zero-order valence-electron chi connectivity index (χ0n) is 22.1. The van der Waals surface area contributed by atoms with Crippen LogP contribution >= 0.6 is 14.3 Å². The summed E-state index contributed by atoms with van der Waals surface area (Å²) >= 11 is 0. The molecule has 0 saturated carbocycles. The van der Waals surface area contributed by atoms with Gasteiger partial charge in [0.2, 0.25) is 0 Å². The Labute approximate surface area is 235 Å². The SMILES string of the molecule is O=P(C1=NCCCC1c1cccnc1P(=O)(c1ccccc1)c1ccccc1)(c1ccccc1)c1ccccc1. The van der Waals surface area contributed by atoms with E-state index < -0.39 is 14.3 Å². The van der Waals surface area contributed by atoms with Crippen LogP contribution in [0, 0.1) is 0 Å². The molecule has 4 aromatic carbocycles. The van der Waals surface area contributed by atoms with Crippen LogP contribution in [0.1, 0.15) is 24.3 Å². The summed E-state index contributed by atoms with van der Waals surface area (Å²) in [6.45, 7) is 0.611. The smallest absolute Gasteiger partial charge is 0.188 e. The van der Waals surface area contributed by atoms with Crippen molar-refractivity contribution in [3.05, 3.63) is 145 Å². The first-order chi connectivity index (χ1) is 19.6. The Morgan fingerprint density at radius 2 is 1.00 bits per heavy atom. The van der Waals surface area contributed by atoms with E-state index in [4.69, 9.17) is 9.98 Å². The van der Waals surface area contributed by atoms with Crippen molar-refractivity contribution in [2.45, 2.75) is 18.8 Å². The molecule has 0 amide bonds. The van der Waals surface area contributed by atoms with Crippen molar-refractivity contribution in [1.82, 2.24) is 4.98 Å². The molecule has 0 aliphatic carbocycles. The first-order valence-electron chi connectivity index (χ1n) is 13.6. The fraction of sp³-hybridized carbons (Fsp3) is 0.118. The lowest BCUT2D eigenvalue weighted by Crippen LogP contribution is -2.34. The Bertz CT molecular complexity index is 1640. The van der Waals surface area contributed by atoms with Crippen molar-refractivity contribution in [1.29, 1.82) is 0 Å². The average Bonchev–Trinajstić information content (AvgIpc) is 3.05. The topological polar surface area (TPSA) is 59.4 Å². The minimum Gasteiger partial charge on any atom is -0.307 e. The van der Waals surface area contributed by atoms with Crippen molar-refractivity contribution in [3.8, 4) is 0 Å². The normalized spacial score (nSPS) is 15.8. The highest BCUT2D eigenvalue weighted by molar-refractivity contribution is 7.93. The highest BCUT2D eigenvalue weighted by Gasteiger charge is 2.43. The van der Waals surface area contributed by atoms with Crippen LogP contribution in [-0.4, -0.2) is 17.0 Å². The quantitative estimate of drug-likeness (QED) is 0.229. The maximum atomic E-state index is 15.4. The van der Waals surface area contributed by atoms with E-state index in [2.05, 4.69) is 0 Å². The second-order valence-corrected chi connectivity index (χ2v) is 15.3. The van der Waals surface area contributed by atoms with Gasteiger partial charge < -0.3 is 9.13 Å². The van der Waals surface area contributed by atoms with Gasteiger partial charge in [-0.15, -0.1) is 0 Å². The van der Waals surface area contributed by atoms with Crippen LogP contribution < -0.4 is 26.7 Å². The van der Waals surface area contributed by atoms with Crippen LogP contribution in [0.3, 0.4) is 0 Å². The number of aromatic nitrogens is 1. The third kappa shape index (κ3) is 4.62. The summed E-state index contributed by atoms with van der Waals surface area (Å²) in [7, 11) is -6.66. The van der Waals surface area contributed by atoms with Crippen LogP contribution in [0.4, 0.5) is 0 Å². The molecular weight excluding hydrogens is 530 g/mol. The van der Waals surface area contributed by atoms with Crippen molar-refractivity contribution in [2.24, 2.45) is 4.99 Å². The molecule has 0 fully saturated rings. The number of pyridine rings is 1. The number of hydrogen-bond acceptors (Lipinski definition) is 4. The third-order valence-electron chi connectivity index (χ3n) is 7.53. The molecule has 40 heavy (non-hydrogen) atoms. The molecule has 1 atom stereocenters. The van der Waals surface area contributed by atoms with Gasteiger partial charge in [0.25, 0.3) is 0 Å². The zero-order valence-corrected chi connectivity index (χ0v) is 23.9. The van der Waals surface area contributed by atoms with Gasteiger partial charge in [0.05, 0.1) is 5.45 Å². The highest BCUT2D eigenvalue weighted by Crippen LogP contribution is 2.53. The lowest BCUT2D eigenvalue weighted by atomic mass is 9.94. The van der Waals surface area contributed by atoms with E-state index in [1.165, 1.54) is 0 Å². The van der Waals surface area contributed by atoms with Crippen molar-refractivity contribution >= 4 is 46.4 Å². The number of rotatable bonds is 7. The van der Waals surface area contributed by atoms with Crippen LogP contribution in [0.5, 0.6) is 0 Å². The van der Waals surface area contributed by atoms with E-state index in [-0.39, 0.29) is 5.92 Å². The Morgan fingerprint density at radius 3 is 1.48 bits per heavy atom. The zero-order chi connectivity index (χ0) is 27.4. The molecule has 0 spiro atoms. The fourth-order valence-electron chi connectivity index (χ4n) is 5.65. The Hall–Kier alpha value is -3.84. The van der Waals surface area contributed by atoms with E-state index in [1.54, 1.807) is 6.20 Å². The van der Waals surface area contributed by atoms with Crippen LogP contribution in [0.25, 0.3) is 0 Å². The Morgan fingerprint density at radius 1 is 0.550 bits per heavy atom. The third-order valence-corrected chi connectivity index (χ3v) is 13.7. The Kier molecular flexibility index (Phi) is 7.48. The molecule has 1 aliphatic rings. The summed E-state index contributed by atoms with van der Waals surface area (Å²) in [4.78, 5) is 9.85. The molecule has 1 aliphatic heterocycles. The van der Waals surface area contributed by atoms with Gasteiger partial charge >= 0.3 is 0 Å². The molecule has 4 nitrogen and oxygen atoms in total. The number of aliphatic imine (C=N–C) groups is 1. The minimum atomic E-state index is -3.36. The van der Waals surface area contributed by atoms with Gasteiger partial charge in [0.1, 0.15) is 5.44 Å². The molecule has 0 saturated heterocycles. The number of nitrogens with zero attached hydrogens (tertiary/aromatic N) is 2. The predicted octanol–water partition coefficient (Wildman–Crippen LogP) is 6.01. The molecule has 1 unspecified atom stereocenters. The number of hydrogen-bond donors (Lipinski definition) is 0. The predicted molar refractivity (Wildman–Crippen MR) is 168 cm³/mol. The lowest BCUT2D eigenvalue weighted by molar-refractivity contribution is 0.588. The van der Waals surface area contributed by atoms with Gasteiger partial charge in [0.15, 0.2) is 14.3 Å². The summed E-state index contributed by atoms with van der Waals surface area (Å²) < 4.78 is 30.8. The first-order valence-corrected chi connectivity index (χ1v) is 17.0. The molecule has 6 rings (SSSR count). The molecule has 0 N–H and O–H groups in total. The molecule has 0 bridgehead atoms. The van der Waals surface area contributed by atoms with Gasteiger partial charge in [0, 0.05) is 39.9 Å². The summed E-state index contributed by atoms with van der Waals surface area (Å²) in [6, 6.07) is 42.4. The Balaban J connectivity index is 1.59. The van der Waals surface area contributed by atoms with E-state index in [0.29, 0.717) is 17.4 Å². The maximum Gasteiger partial charge on any atom is 0.188 e. The average molecular weight is 561 g/mol. The molecule has 0 radical (unpaired) electrons. The van der Waals surface area contributed by atoms with E-state index >= 15 is 9.13 Å². The summed E-state index contributed by atoms with van der Waals surface area (Å²) in [5, 5.41) is 2.97. The fourth-order valence-corrected chi connectivity index (χ4v) is 11.5. The van der Waals surface area contributed by atoms with Gasteiger partial charge in [-0.3, -0.25) is 9.98 Å². The van der Waals surface area contributed by atoms with Gasteiger partial charge in [-0.2, -0.15) is 0 Å². The number of benzene rings is 4. The molecular formula is C34H30N2O2P2. The highest BCUT2D eigenvalue weighted by atomic mass is 31.2. The summed E-state index contributed by atoms with van der Waals surface area (Å²) in [6.07, 6.45) is 3.32. The lowest BCUT2D eigenvalue weighted by Gasteiger charge is -2.32. The summed E-state index contributed by atoms with van der Waals surface area (Å²) in [5.41, 5.74) is 2.04. The molecule has 5 aromatic rings. The monoisotopic (exact) mass is 560 g/mol. The second-order valence-electron chi connectivity index (χ2n) is 9.91. The largest absolute Gasteiger partial charge is 0.307 e. The summed E-state index contributed by atoms with van der Waals surface area (Å²) in [5.74, 6) is -0.288. The standard InChI is InChI=1S/C34H30N2O2P2/c37-39(27-15-5-1-6-16-27,28-17-7-2-8-18-28)33-31(23-13-25-35-33)32-24-14-26-36-34(32)40(38,29-19-9-3-10-20-29)30-21-11-4-12-22-30/h1-13,15-23,25,32H,14,24,26H2. The van der Waals surface area contributed by atoms with E-state index in [9.17, 15) is 0 Å². The molecule has 198 valence electrons. The van der Waals surface area contributed by atoms with Gasteiger partial charge in [-0.05, 0) is 24.5 Å². The molecule has 1 aromatic heterocycles. The first kappa shape index (κ1) is 26.4. The maximum absolute atomic E-state index is 15.4. The van der Waals surface area contributed by atoms with Crippen molar-refractivity contribution < 1.29 is 9.13 Å². The minimum absolute atomic E-state index is 0.288. The molecule has 2 heterocycles. The van der Waals surface area contributed by atoms with Crippen LogP contribution in [-0.2, 0) is 9.13 Å². The van der Waals surface area contributed by atoms with Crippen molar-refractivity contribution in [3.63, 3.8) is 0 Å². The molecule has 6 heteroatoms. The van der Waals surface area contributed by atoms with Crippen LogP contribution in [0.2, 0.25) is 0 Å². The van der Waals surface area contributed by atoms with Gasteiger partial charge in [-0.25, -0.2) is 0 Å². The van der Waals surface area contributed by atoms with Crippen molar-refractivity contribution in [2.75, 3.05) is 6.54 Å². The van der Waals surface area contributed by atoms with Gasteiger partial charge in [-0.1, -0.05) is 127 Å².